The number of methoxy groups -OCH3 is 1. The van der Waals surface area contributed by atoms with Crippen molar-refractivity contribution in [1.82, 2.24) is 5.43 Å². The maximum atomic E-state index is 11.9. The third-order valence-corrected chi connectivity index (χ3v) is 4.05. The normalized spacial score (nSPS) is 15.6. The predicted molar refractivity (Wildman–Crippen MR) is 98.0 cm³/mol. The molecular weight excluding hydrogens is 370 g/mol. The topological polar surface area (TPSA) is 125 Å². The number of hydrogen-bond donors (Lipinski definition) is 1. The van der Waals surface area contributed by atoms with Gasteiger partial charge in [-0.1, -0.05) is 0 Å². The molecule has 3 rings (SSSR count). The van der Waals surface area contributed by atoms with Gasteiger partial charge in [-0.15, -0.1) is 0 Å². The first-order valence-corrected chi connectivity index (χ1v) is 8.43. The van der Waals surface area contributed by atoms with Gasteiger partial charge >= 0.3 is 0 Å². The van der Waals surface area contributed by atoms with Crippen LogP contribution in [0.3, 0.4) is 0 Å². The fourth-order valence-electron chi connectivity index (χ4n) is 2.72. The number of ether oxygens (including phenoxy) is 3. The van der Waals surface area contributed by atoms with Crippen LogP contribution in [0.4, 0.5) is 5.69 Å². The molecule has 0 spiro atoms. The monoisotopic (exact) mass is 389 g/mol. The van der Waals surface area contributed by atoms with Gasteiger partial charge in [-0.05, 0) is 31.2 Å². The Morgan fingerprint density at radius 3 is 2.79 bits per heavy atom. The maximum absolute atomic E-state index is 11.9. The molecule has 0 bridgehead atoms. The van der Waals surface area contributed by atoms with Crippen molar-refractivity contribution in [2.45, 2.75) is 19.1 Å². The first-order chi connectivity index (χ1) is 13.4. The second-order valence-electron chi connectivity index (χ2n) is 6.14. The van der Waals surface area contributed by atoms with Crippen molar-refractivity contribution in [2.24, 2.45) is 5.10 Å². The highest BCUT2D eigenvalue weighted by atomic mass is 16.7. The molecule has 0 saturated carbocycles. The molecule has 0 unspecified atom stereocenters. The van der Waals surface area contributed by atoms with Crippen molar-refractivity contribution in [1.29, 1.82) is 0 Å². The van der Waals surface area contributed by atoms with E-state index >= 15 is 0 Å². The number of carbonyl (C=O) groups excluding carboxylic acids is 1. The molecule has 28 heavy (non-hydrogen) atoms. The lowest BCUT2D eigenvalue weighted by atomic mass is 10.1. The average Bonchev–Trinajstić information content (AvgIpc) is 3.30. The highest BCUT2D eigenvalue weighted by Gasteiger charge is 2.33. The second kappa shape index (κ2) is 8.19. The summed E-state index contributed by atoms with van der Waals surface area (Å²) in [5, 5.41) is 15.1. The van der Waals surface area contributed by atoms with Gasteiger partial charge < -0.3 is 18.6 Å². The molecule has 1 aliphatic rings. The van der Waals surface area contributed by atoms with E-state index in [4.69, 9.17) is 18.6 Å². The van der Waals surface area contributed by atoms with Crippen molar-refractivity contribution >= 4 is 17.8 Å². The third kappa shape index (κ3) is 4.53. The van der Waals surface area contributed by atoms with E-state index < -0.39 is 10.7 Å². The first kappa shape index (κ1) is 19.5. The second-order valence-corrected chi connectivity index (χ2v) is 6.14. The van der Waals surface area contributed by atoms with Crippen molar-refractivity contribution in [3.63, 3.8) is 0 Å². The summed E-state index contributed by atoms with van der Waals surface area (Å²) in [6.07, 6.45) is 1.31. The summed E-state index contributed by atoms with van der Waals surface area (Å²) >= 11 is 0. The number of rotatable bonds is 7. The zero-order valence-corrected chi connectivity index (χ0v) is 15.3. The van der Waals surface area contributed by atoms with Crippen LogP contribution < -0.4 is 10.2 Å². The number of nitrogens with one attached hydrogen (secondary N) is 1. The molecule has 1 aliphatic heterocycles. The highest BCUT2D eigenvalue weighted by Crippen LogP contribution is 2.33. The highest BCUT2D eigenvalue weighted by molar-refractivity contribution is 5.82. The lowest BCUT2D eigenvalue weighted by Crippen LogP contribution is -2.33. The van der Waals surface area contributed by atoms with Crippen LogP contribution in [0.25, 0.3) is 11.3 Å². The van der Waals surface area contributed by atoms with E-state index in [9.17, 15) is 14.9 Å². The maximum Gasteiger partial charge on any atom is 0.284 e. The lowest BCUT2D eigenvalue weighted by molar-refractivity contribution is -0.384. The van der Waals surface area contributed by atoms with E-state index in [1.807, 2.05) is 0 Å². The Morgan fingerprint density at radius 1 is 1.36 bits per heavy atom. The van der Waals surface area contributed by atoms with E-state index in [-0.39, 0.29) is 18.0 Å². The molecule has 1 N–H and O–H groups in total. The zero-order valence-electron chi connectivity index (χ0n) is 15.3. The summed E-state index contributed by atoms with van der Waals surface area (Å²) in [7, 11) is 1.43. The number of carbonyl (C=O) groups is 1. The van der Waals surface area contributed by atoms with Crippen molar-refractivity contribution in [2.75, 3.05) is 20.3 Å². The number of furan rings is 1. The van der Waals surface area contributed by atoms with E-state index in [0.717, 1.165) is 0 Å². The molecular formula is C18H19N3O7. The van der Waals surface area contributed by atoms with Crippen LogP contribution in [0.15, 0.2) is 39.9 Å². The Morgan fingerprint density at radius 2 is 2.11 bits per heavy atom. The summed E-state index contributed by atoms with van der Waals surface area (Å²) in [5.41, 5.74) is 2.52. The van der Waals surface area contributed by atoms with Gasteiger partial charge in [0.25, 0.3) is 5.69 Å². The van der Waals surface area contributed by atoms with Crippen LogP contribution in [0.5, 0.6) is 5.75 Å². The van der Waals surface area contributed by atoms with Gasteiger partial charge in [-0.2, -0.15) is 5.10 Å². The molecule has 10 heteroatoms. The Bertz CT molecular complexity index is 900. The summed E-state index contributed by atoms with van der Waals surface area (Å²) < 4.78 is 21.3. The minimum Gasteiger partial charge on any atom is -0.497 e. The van der Waals surface area contributed by atoms with Crippen LogP contribution in [-0.2, 0) is 14.3 Å². The van der Waals surface area contributed by atoms with Gasteiger partial charge in [-0.3, -0.25) is 14.9 Å². The van der Waals surface area contributed by atoms with Gasteiger partial charge in [0.2, 0.25) is 5.91 Å². The molecule has 2 heterocycles. The number of hydrazone groups is 1. The molecule has 2 aromatic rings. The molecule has 0 atom stereocenters. The van der Waals surface area contributed by atoms with Crippen molar-refractivity contribution in [3.05, 3.63) is 46.2 Å². The first-order valence-electron chi connectivity index (χ1n) is 8.43. The number of nitro groups is 1. The number of nitrogens with zero attached hydrogens (tertiary/aromatic N) is 2. The fraction of sp³-hybridized carbons (Fsp3) is 0.333. The van der Waals surface area contributed by atoms with Gasteiger partial charge in [-0.25, -0.2) is 5.43 Å². The van der Waals surface area contributed by atoms with Crippen LogP contribution >= 0.6 is 0 Å². The van der Waals surface area contributed by atoms with E-state index in [0.29, 0.717) is 36.0 Å². The van der Waals surface area contributed by atoms with E-state index in [2.05, 4.69) is 10.5 Å². The van der Waals surface area contributed by atoms with Gasteiger partial charge in [0.15, 0.2) is 5.79 Å². The number of amides is 1. The molecule has 1 aromatic carbocycles. The van der Waals surface area contributed by atoms with E-state index in [1.54, 1.807) is 31.2 Å². The summed E-state index contributed by atoms with van der Waals surface area (Å²) in [6.45, 7) is 2.57. The quantitative estimate of drug-likeness (QED) is 0.438. The van der Waals surface area contributed by atoms with Crippen LogP contribution in [0.1, 0.15) is 19.1 Å². The van der Waals surface area contributed by atoms with Crippen LogP contribution in [0.2, 0.25) is 0 Å². The molecule has 0 radical (unpaired) electrons. The number of hydrogen-bond acceptors (Lipinski definition) is 8. The Hall–Kier alpha value is -3.24. The minimum atomic E-state index is -0.940. The fourth-order valence-corrected chi connectivity index (χ4v) is 2.72. The van der Waals surface area contributed by atoms with Gasteiger partial charge in [0.05, 0.1) is 49.5 Å². The minimum absolute atomic E-state index is 0.00574. The molecule has 1 aromatic heterocycles. The summed E-state index contributed by atoms with van der Waals surface area (Å²) in [5.74, 6) is -0.332. The smallest absolute Gasteiger partial charge is 0.284 e. The van der Waals surface area contributed by atoms with Crippen LogP contribution in [-0.4, -0.2) is 43.2 Å². The lowest BCUT2D eigenvalue weighted by Gasteiger charge is -2.20. The Balaban J connectivity index is 1.66. The van der Waals surface area contributed by atoms with Gasteiger partial charge in [0.1, 0.15) is 17.3 Å². The molecule has 0 aliphatic carbocycles. The Kier molecular flexibility index (Phi) is 5.71. The molecule has 1 saturated heterocycles. The zero-order chi connectivity index (χ0) is 20.1. The molecule has 10 nitrogen and oxygen atoms in total. The largest absolute Gasteiger partial charge is 0.497 e. The summed E-state index contributed by atoms with van der Waals surface area (Å²) in [4.78, 5) is 22.7. The van der Waals surface area contributed by atoms with E-state index in [1.165, 1.54) is 19.4 Å². The summed E-state index contributed by atoms with van der Waals surface area (Å²) in [6, 6.07) is 7.63. The molecule has 1 amide bonds. The Labute approximate surface area is 160 Å². The molecule has 148 valence electrons. The average molecular weight is 389 g/mol. The van der Waals surface area contributed by atoms with Gasteiger partial charge in [0, 0.05) is 0 Å². The van der Waals surface area contributed by atoms with Crippen molar-refractivity contribution in [3.8, 4) is 17.1 Å². The van der Waals surface area contributed by atoms with Crippen molar-refractivity contribution < 1.29 is 28.3 Å². The SMILES string of the molecule is COc1ccc(-c2ccc(/C=N\NC(=O)CC3(C)OCCO3)o2)c([N+](=O)[O-])c1. The molecule has 1 fully saturated rings. The standard InChI is InChI=1S/C18H19N3O7/c1-18(26-7-8-27-18)10-17(22)20-19-11-13-4-6-16(28-13)14-5-3-12(25-2)9-15(14)21(23)24/h3-6,9,11H,7-8,10H2,1-2H3,(H,20,22)/b19-11-. The van der Waals surface area contributed by atoms with Crippen LogP contribution in [0, 0.1) is 10.1 Å². The third-order valence-electron chi connectivity index (χ3n) is 4.05. The number of benzene rings is 1. The number of nitro benzene ring substituents is 1. The predicted octanol–water partition coefficient (Wildman–Crippen LogP) is 2.47.